The second-order valence-corrected chi connectivity index (χ2v) is 9.94. The van der Waals surface area contributed by atoms with Crippen LogP contribution in [0.2, 0.25) is 0 Å². The van der Waals surface area contributed by atoms with E-state index in [1.54, 1.807) is 24.4 Å². The molecule has 148 valence electrons. The molecule has 3 heterocycles. The molecule has 0 atom stereocenters. The third kappa shape index (κ3) is 3.68. The zero-order chi connectivity index (χ0) is 19.7. The van der Waals surface area contributed by atoms with Crippen LogP contribution in [-0.4, -0.2) is 49.8 Å². The zero-order valence-electron chi connectivity index (χ0n) is 15.5. The first-order valence-electron chi connectivity index (χ1n) is 9.08. The van der Waals surface area contributed by atoms with Gasteiger partial charge in [-0.05, 0) is 24.8 Å². The normalized spacial score (nSPS) is 20.1. The van der Waals surface area contributed by atoms with E-state index in [9.17, 15) is 18.0 Å². The van der Waals surface area contributed by atoms with E-state index in [0.717, 1.165) is 12.8 Å². The fraction of sp³-hybridized carbons (Fsp3) is 0.556. The van der Waals surface area contributed by atoms with Gasteiger partial charge in [-0.1, -0.05) is 19.4 Å². The van der Waals surface area contributed by atoms with Gasteiger partial charge in [-0.15, -0.1) is 11.3 Å². The van der Waals surface area contributed by atoms with E-state index in [-0.39, 0.29) is 31.8 Å². The van der Waals surface area contributed by atoms with Crippen LogP contribution >= 0.6 is 11.3 Å². The van der Waals surface area contributed by atoms with Crippen LogP contribution in [0.4, 0.5) is 0 Å². The Morgan fingerprint density at radius 3 is 2.67 bits per heavy atom. The van der Waals surface area contributed by atoms with E-state index in [1.807, 2.05) is 6.92 Å². The highest BCUT2D eigenvalue weighted by Crippen LogP contribution is 2.42. The topological polar surface area (TPSA) is 92.8 Å². The van der Waals surface area contributed by atoms with Crippen molar-refractivity contribution in [2.75, 3.05) is 19.6 Å². The molecular formula is C18H24N2O5S2. The fourth-order valence-corrected chi connectivity index (χ4v) is 6.16. The Hall–Kier alpha value is -1.71. The lowest BCUT2D eigenvalue weighted by Gasteiger charge is -2.38. The average Bonchev–Trinajstić information content (AvgIpc) is 3.24. The van der Waals surface area contributed by atoms with Crippen molar-refractivity contribution in [2.24, 2.45) is 0 Å². The molecule has 1 saturated heterocycles. The van der Waals surface area contributed by atoms with Crippen LogP contribution in [0.5, 0.6) is 0 Å². The van der Waals surface area contributed by atoms with Crippen molar-refractivity contribution in [1.82, 2.24) is 9.62 Å². The highest BCUT2D eigenvalue weighted by molar-refractivity contribution is 7.91. The van der Waals surface area contributed by atoms with Gasteiger partial charge in [-0.25, -0.2) is 13.2 Å². The van der Waals surface area contributed by atoms with E-state index in [2.05, 4.69) is 5.32 Å². The third-order valence-corrected chi connectivity index (χ3v) is 8.36. The SMILES string of the molecule is CCCCNC(=O)C1=C(C)C(=O)OC12CCN(S(=O)(=O)c1cccs1)CC2. The summed E-state index contributed by atoms with van der Waals surface area (Å²) in [5.41, 5.74) is -0.353. The van der Waals surface area contributed by atoms with Crippen LogP contribution in [0.15, 0.2) is 32.9 Å². The Balaban J connectivity index is 1.77. The average molecular weight is 413 g/mol. The monoisotopic (exact) mass is 412 g/mol. The van der Waals surface area contributed by atoms with Gasteiger partial charge in [0.1, 0.15) is 9.81 Å². The van der Waals surface area contributed by atoms with E-state index in [4.69, 9.17) is 4.74 Å². The summed E-state index contributed by atoms with van der Waals surface area (Å²) in [4.78, 5) is 24.9. The maximum atomic E-state index is 12.7. The lowest BCUT2D eigenvalue weighted by Crippen LogP contribution is -2.50. The Labute approximate surface area is 163 Å². The number of amides is 1. The minimum atomic E-state index is -3.55. The Morgan fingerprint density at radius 1 is 1.37 bits per heavy atom. The summed E-state index contributed by atoms with van der Waals surface area (Å²) < 4.78 is 32.7. The lowest BCUT2D eigenvalue weighted by molar-refractivity contribution is -0.150. The molecule has 0 unspecified atom stereocenters. The summed E-state index contributed by atoms with van der Waals surface area (Å²) in [6.45, 7) is 4.57. The van der Waals surface area contributed by atoms with Gasteiger partial charge in [-0.3, -0.25) is 4.79 Å². The van der Waals surface area contributed by atoms with E-state index < -0.39 is 21.6 Å². The molecule has 0 bridgehead atoms. The van der Waals surface area contributed by atoms with Gasteiger partial charge in [-0.2, -0.15) is 4.31 Å². The van der Waals surface area contributed by atoms with Gasteiger partial charge >= 0.3 is 5.97 Å². The van der Waals surface area contributed by atoms with Gasteiger partial charge in [0.2, 0.25) is 0 Å². The minimum Gasteiger partial charge on any atom is -0.450 e. The summed E-state index contributed by atoms with van der Waals surface area (Å²) in [7, 11) is -3.55. The molecule has 1 aromatic heterocycles. The highest BCUT2D eigenvalue weighted by atomic mass is 32.2. The van der Waals surface area contributed by atoms with Crippen LogP contribution in [-0.2, 0) is 24.3 Å². The standard InChI is InChI=1S/C18H24N2O5S2/c1-3-4-9-19-16(21)15-13(2)17(22)25-18(15)7-10-20(11-8-18)27(23,24)14-6-5-12-26-14/h5-6,12H,3-4,7-11H2,1-2H3,(H,19,21). The number of sulfonamides is 1. The number of rotatable bonds is 6. The molecule has 1 N–H and O–H groups in total. The van der Waals surface area contributed by atoms with Crippen molar-refractivity contribution in [1.29, 1.82) is 0 Å². The van der Waals surface area contributed by atoms with Gasteiger partial charge < -0.3 is 10.1 Å². The molecule has 2 aliphatic rings. The van der Waals surface area contributed by atoms with E-state index in [1.165, 1.54) is 15.6 Å². The molecule has 0 aliphatic carbocycles. The number of nitrogens with zero attached hydrogens (tertiary/aromatic N) is 1. The van der Waals surface area contributed by atoms with Crippen molar-refractivity contribution in [3.05, 3.63) is 28.7 Å². The second kappa shape index (κ2) is 7.73. The van der Waals surface area contributed by atoms with Gasteiger partial charge in [0, 0.05) is 38.0 Å². The van der Waals surface area contributed by atoms with Gasteiger partial charge in [0.05, 0.1) is 5.57 Å². The number of esters is 1. The third-order valence-electron chi connectivity index (χ3n) is 5.09. The van der Waals surface area contributed by atoms with Crippen LogP contribution in [0.25, 0.3) is 0 Å². The van der Waals surface area contributed by atoms with E-state index in [0.29, 0.717) is 21.9 Å². The first-order chi connectivity index (χ1) is 12.8. The Morgan fingerprint density at radius 2 is 2.07 bits per heavy atom. The molecule has 0 aromatic carbocycles. The number of hydrogen-bond acceptors (Lipinski definition) is 6. The first-order valence-corrected chi connectivity index (χ1v) is 11.4. The maximum Gasteiger partial charge on any atom is 0.335 e. The molecule has 1 amide bonds. The molecule has 9 heteroatoms. The molecule has 27 heavy (non-hydrogen) atoms. The van der Waals surface area contributed by atoms with Crippen molar-refractivity contribution in [2.45, 2.75) is 49.3 Å². The summed E-state index contributed by atoms with van der Waals surface area (Å²) in [5, 5.41) is 4.58. The molecule has 0 radical (unpaired) electrons. The van der Waals surface area contributed by atoms with Gasteiger partial charge in [0.25, 0.3) is 15.9 Å². The molecule has 1 spiro atoms. The van der Waals surface area contributed by atoms with Crippen LogP contribution in [0.3, 0.4) is 0 Å². The predicted molar refractivity (Wildman–Crippen MR) is 102 cm³/mol. The molecule has 0 saturated carbocycles. The number of nitrogens with one attached hydrogen (secondary N) is 1. The molecule has 1 fully saturated rings. The summed E-state index contributed by atoms with van der Waals surface area (Å²) >= 11 is 1.18. The number of thiophene rings is 1. The Bertz CT molecular complexity index is 850. The fourth-order valence-electron chi connectivity index (χ4n) is 3.57. The maximum absolute atomic E-state index is 12.7. The van der Waals surface area contributed by atoms with Crippen molar-refractivity contribution in [3.63, 3.8) is 0 Å². The number of carbonyl (C=O) groups excluding carboxylic acids is 2. The van der Waals surface area contributed by atoms with Gasteiger partial charge in [0.15, 0.2) is 0 Å². The summed E-state index contributed by atoms with van der Waals surface area (Å²) in [6, 6.07) is 3.28. The van der Waals surface area contributed by atoms with Crippen molar-refractivity contribution >= 4 is 33.2 Å². The van der Waals surface area contributed by atoms with Crippen molar-refractivity contribution < 1.29 is 22.7 Å². The first kappa shape index (κ1) is 20.0. The molecular weight excluding hydrogens is 388 g/mol. The number of carbonyl (C=O) groups is 2. The zero-order valence-corrected chi connectivity index (χ0v) is 17.1. The highest BCUT2D eigenvalue weighted by Gasteiger charge is 2.52. The van der Waals surface area contributed by atoms with Crippen LogP contribution in [0, 0.1) is 0 Å². The quantitative estimate of drug-likeness (QED) is 0.570. The largest absolute Gasteiger partial charge is 0.450 e. The minimum absolute atomic E-state index is 0.201. The Kier molecular flexibility index (Phi) is 5.73. The molecule has 2 aliphatic heterocycles. The van der Waals surface area contributed by atoms with Crippen molar-refractivity contribution in [3.8, 4) is 0 Å². The summed E-state index contributed by atoms with van der Waals surface area (Å²) in [5.74, 6) is -0.786. The number of hydrogen-bond donors (Lipinski definition) is 1. The smallest absolute Gasteiger partial charge is 0.335 e. The molecule has 7 nitrogen and oxygen atoms in total. The van der Waals surface area contributed by atoms with E-state index >= 15 is 0 Å². The summed E-state index contributed by atoms with van der Waals surface area (Å²) in [6.07, 6.45) is 2.36. The number of ether oxygens (including phenoxy) is 1. The second-order valence-electron chi connectivity index (χ2n) is 6.83. The predicted octanol–water partition coefficient (Wildman–Crippen LogP) is 2.06. The van der Waals surface area contributed by atoms with Crippen LogP contribution < -0.4 is 5.32 Å². The number of piperidine rings is 1. The number of unbranched alkanes of at least 4 members (excludes halogenated alkanes) is 1. The molecule has 3 rings (SSSR count). The molecule has 1 aromatic rings. The lowest BCUT2D eigenvalue weighted by atomic mass is 9.83. The van der Waals surface area contributed by atoms with Crippen LogP contribution in [0.1, 0.15) is 39.5 Å².